The molecule has 1 N–H and O–H groups in total. The zero-order valence-electron chi connectivity index (χ0n) is 14.9. The van der Waals surface area contributed by atoms with Gasteiger partial charge in [-0.2, -0.15) is 0 Å². The molecule has 0 spiro atoms. The number of hydrogen-bond acceptors (Lipinski definition) is 5. The van der Waals surface area contributed by atoms with Gasteiger partial charge in [-0.3, -0.25) is 4.90 Å². The zero-order valence-corrected chi connectivity index (χ0v) is 15.7. The van der Waals surface area contributed by atoms with Gasteiger partial charge < -0.3 is 5.32 Å². The minimum atomic E-state index is 0.867. The molecule has 3 heterocycles. The SMILES string of the molecule is c1ccc(-c2cnc(Nc3cc(CN4CCCCCC4)ccn3)s2)cc1. The molecule has 1 fully saturated rings. The summed E-state index contributed by atoms with van der Waals surface area (Å²) in [7, 11) is 0. The van der Waals surface area contributed by atoms with Crippen molar-refractivity contribution in [2.45, 2.75) is 32.2 Å². The van der Waals surface area contributed by atoms with Gasteiger partial charge in [0.2, 0.25) is 0 Å². The lowest BCUT2D eigenvalue weighted by molar-refractivity contribution is 0.277. The number of benzene rings is 1. The van der Waals surface area contributed by atoms with Gasteiger partial charge in [-0.15, -0.1) is 0 Å². The van der Waals surface area contributed by atoms with E-state index in [0.717, 1.165) is 22.4 Å². The Hall–Kier alpha value is -2.24. The van der Waals surface area contributed by atoms with Crippen LogP contribution in [-0.2, 0) is 6.54 Å². The maximum atomic E-state index is 4.50. The largest absolute Gasteiger partial charge is 0.316 e. The second-order valence-corrected chi connectivity index (χ2v) is 7.79. The number of aromatic nitrogens is 2. The summed E-state index contributed by atoms with van der Waals surface area (Å²) in [4.78, 5) is 12.7. The molecule has 0 atom stereocenters. The number of hydrogen-bond donors (Lipinski definition) is 1. The van der Waals surface area contributed by atoms with Crippen molar-refractivity contribution >= 4 is 22.3 Å². The van der Waals surface area contributed by atoms with Crippen molar-refractivity contribution in [3.8, 4) is 10.4 Å². The first kappa shape index (κ1) is 17.2. The van der Waals surface area contributed by atoms with Crippen LogP contribution < -0.4 is 5.32 Å². The van der Waals surface area contributed by atoms with E-state index >= 15 is 0 Å². The average Bonchev–Trinajstić information content (AvgIpc) is 2.98. The van der Waals surface area contributed by atoms with E-state index in [-0.39, 0.29) is 0 Å². The minimum Gasteiger partial charge on any atom is -0.316 e. The van der Waals surface area contributed by atoms with E-state index in [9.17, 15) is 0 Å². The molecule has 0 amide bonds. The Labute approximate surface area is 158 Å². The monoisotopic (exact) mass is 364 g/mol. The third-order valence-corrected chi connectivity index (χ3v) is 5.69. The predicted octanol–water partition coefficient (Wildman–Crippen LogP) is 5.32. The Kier molecular flexibility index (Phi) is 5.57. The van der Waals surface area contributed by atoms with Crippen molar-refractivity contribution in [1.82, 2.24) is 14.9 Å². The fourth-order valence-electron chi connectivity index (χ4n) is 3.37. The highest BCUT2D eigenvalue weighted by molar-refractivity contribution is 7.18. The topological polar surface area (TPSA) is 41.1 Å². The van der Waals surface area contributed by atoms with Gasteiger partial charge in [0.1, 0.15) is 5.82 Å². The molecular formula is C21H24N4S. The second kappa shape index (κ2) is 8.43. The van der Waals surface area contributed by atoms with Crippen molar-refractivity contribution in [2.24, 2.45) is 0 Å². The van der Waals surface area contributed by atoms with E-state index < -0.39 is 0 Å². The summed E-state index contributed by atoms with van der Waals surface area (Å²) < 4.78 is 0. The molecule has 1 aliphatic heterocycles. The lowest BCUT2D eigenvalue weighted by atomic mass is 10.2. The lowest BCUT2D eigenvalue weighted by Crippen LogP contribution is -2.23. The summed E-state index contributed by atoms with van der Waals surface area (Å²) >= 11 is 1.65. The molecule has 4 rings (SSSR count). The van der Waals surface area contributed by atoms with Crippen LogP contribution in [0.15, 0.2) is 54.9 Å². The highest BCUT2D eigenvalue weighted by Crippen LogP contribution is 2.30. The molecule has 134 valence electrons. The van der Waals surface area contributed by atoms with Crippen LogP contribution in [0.2, 0.25) is 0 Å². The number of nitrogens with zero attached hydrogens (tertiary/aromatic N) is 3. The van der Waals surface area contributed by atoms with E-state index in [1.807, 2.05) is 18.5 Å². The Morgan fingerprint density at radius 1 is 0.962 bits per heavy atom. The van der Waals surface area contributed by atoms with Crippen LogP contribution in [0.1, 0.15) is 31.2 Å². The molecule has 0 saturated carbocycles. The fourth-order valence-corrected chi connectivity index (χ4v) is 4.20. The van der Waals surface area contributed by atoms with Crippen LogP contribution in [0.5, 0.6) is 0 Å². The number of pyridine rings is 1. The van der Waals surface area contributed by atoms with Crippen LogP contribution in [0.25, 0.3) is 10.4 Å². The first-order valence-corrected chi connectivity index (χ1v) is 10.1. The first-order valence-electron chi connectivity index (χ1n) is 9.32. The quantitative estimate of drug-likeness (QED) is 0.665. The standard InChI is InChI=1S/C21H24N4S/c1-2-7-13-25(12-6-1)16-17-10-11-22-20(14-17)24-21-23-15-19(26-21)18-8-4-3-5-9-18/h3-5,8-11,14-15H,1-2,6-7,12-13,16H2,(H,22,23,24). The number of anilines is 2. The van der Waals surface area contributed by atoms with Crippen molar-refractivity contribution < 1.29 is 0 Å². The van der Waals surface area contributed by atoms with Crippen LogP contribution in [-0.4, -0.2) is 28.0 Å². The average molecular weight is 365 g/mol. The van der Waals surface area contributed by atoms with E-state index in [1.165, 1.54) is 49.9 Å². The lowest BCUT2D eigenvalue weighted by Gasteiger charge is -2.19. The van der Waals surface area contributed by atoms with Gasteiger partial charge >= 0.3 is 0 Å². The van der Waals surface area contributed by atoms with Gasteiger partial charge in [-0.1, -0.05) is 54.5 Å². The predicted molar refractivity (Wildman–Crippen MR) is 109 cm³/mol. The molecule has 1 saturated heterocycles. The molecular weight excluding hydrogens is 340 g/mol. The molecule has 1 aliphatic rings. The third-order valence-electron chi connectivity index (χ3n) is 4.73. The third kappa shape index (κ3) is 4.48. The van der Waals surface area contributed by atoms with Gasteiger partial charge in [-0.05, 0) is 49.2 Å². The molecule has 0 unspecified atom stereocenters. The molecule has 1 aromatic carbocycles. The Morgan fingerprint density at radius 2 is 1.77 bits per heavy atom. The smallest absolute Gasteiger partial charge is 0.188 e. The molecule has 5 heteroatoms. The summed E-state index contributed by atoms with van der Waals surface area (Å²) in [6.07, 6.45) is 9.18. The van der Waals surface area contributed by atoms with Crippen molar-refractivity contribution in [3.05, 3.63) is 60.4 Å². The number of likely N-dealkylation sites (tertiary alicyclic amines) is 1. The van der Waals surface area contributed by atoms with E-state index in [0.29, 0.717) is 0 Å². The van der Waals surface area contributed by atoms with Gasteiger partial charge in [0.25, 0.3) is 0 Å². The van der Waals surface area contributed by atoms with Crippen molar-refractivity contribution in [1.29, 1.82) is 0 Å². The van der Waals surface area contributed by atoms with Gasteiger partial charge in [0, 0.05) is 18.9 Å². The highest BCUT2D eigenvalue weighted by Gasteiger charge is 2.10. The van der Waals surface area contributed by atoms with E-state index in [2.05, 4.69) is 56.6 Å². The first-order chi connectivity index (χ1) is 12.9. The zero-order chi connectivity index (χ0) is 17.6. The summed E-state index contributed by atoms with van der Waals surface area (Å²) in [6, 6.07) is 14.6. The Morgan fingerprint density at radius 3 is 2.58 bits per heavy atom. The molecule has 4 nitrogen and oxygen atoms in total. The normalized spacial score (nSPS) is 15.5. The van der Waals surface area contributed by atoms with Crippen molar-refractivity contribution in [2.75, 3.05) is 18.4 Å². The van der Waals surface area contributed by atoms with Crippen LogP contribution in [0, 0.1) is 0 Å². The minimum absolute atomic E-state index is 0.867. The Bertz CT molecular complexity index is 823. The van der Waals surface area contributed by atoms with Gasteiger partial charge in [-0.25, -0.2) is 9.97 Å². The van der Waals surface area contributed by atoms with Gasteiger partial charge in [0.05, 0.1) is 4.88 Å². The molecule has 0 bridgehead atoms. The Balaban J connectivity index is 1.43. The summed E-state index contributed by atoms with van der Waals surface area (Å²) in [5, 5.41) is 4.24. The van der Waals surface area contributed by atoms with E-state index in [4.69, 9.17) is 0 Å². The molecule has 26 heavy (non-hydrogen) atoms. The van der Waals surface area contributed by atoms with Crippen LogP contribution >= 0.6 is 11.3 Å². The summed E-state index contributed by atoms with van der Waals surface area (Å²) in [6.45, 7) is 3.42. The fraction of sp³-hybridized carbons (Fsp3) is 0.333. The molecule has 0 aliphatic carbocycles. The number of thiazole rings is 1. The number of nitrogens with one attached hydrogen (secondary N) is 1. The second-order valence-electron chi connectivity index (χ2n) is 6.76. The van der Waals surface area contributed by atoms with Crippen molar-refractivity contribution in [3.63, 3.8) is 0 Å². The van der Waals surface area contributed by atoms with Gasteiger partial charge in [0.15, 0.2) is 5.13 Å². The van der Waals surface area contributed by atoms with Crippen LogP contribution in [0.3, 0.4) is 0 Å². The maximum Gasteiger partial charge on any atom is 0.188 e. The molecule has 2 aromatic heterocycles. The van der Waals surface area contributed by atoms with E-state index in [1.54, 1.807) is 11.3 Å². The molecule has 3 aromatic rings. The van der Waals surface area contributed by atoms with Crippen LogP contribution in [0.4, 0.5) is 10.9 Å². The molecule has 0 radical (unpaired) electrons. The summed E-state index contributed by atoms with van der Waals surface area (Å²) in [5.41, 5.74) is 2.50. The highest BCUT2D eigenvalue weighted by atomic mass is 32.1. The number of rotatable bonds is 5. The maximum absolute atomic E-state index is 4.50. The summed E-state index contributed by atoms with van der Waals surface area (Å²) in [5.74, 6) is 0.867.